The van der Waals surface area contributed by atoms with Gasteiger partial charge in [0, 0.05) is 6.20 Å². The zero-order valence-electron chi connectivity index (χ0n) is 12.6. The molecule has 0 aliphatic rings. The third kappa shape index (κ3) is 4.41. The summed E-state index contributed by atoms with van der Waals surface area (Å²) in [6, 6.07) is 4.27. The molecular weight excluding hydrogens is 264 g/mol. The highest BCUT2D eigenvalue weighted by molar-refractivity contribution is 7.13. The van der Waals surface area contributed by atoms with Crippen molar-refractivity contribution < 1.29 is 0 Å². The van der Waals surface area contributed by atoms with Gasteiger partial charge in [0.2, 0.25) is 0 Å². The van der Waals surface area contributed by atoms with Crippen LogP contribution in [0.5, 0.6) is 0 Å². The zero-order chi connectivity index (χ0) is 14.2. The van der Waals surface area contributed by atoms with Gasteiger partial charge in [0.05, 0.1) is 10.6 Å². The summed E-state index contributed by atoms with van der Waals surface area (Å²) in [6.07, 6.45) is 11.1. The Bertz CT molecular complexity index is 519. The molecular formula is C17H24N2S. The average molecular weight is 288 g/mol. The van der Waals surface area contributed by atoms with E-state index in [1.54, 1.807) is 11.3 Å². The molecule has 0 radical (unpaired) electrons. The number of rotatable bonds is 8. The Kier molecular flexibility index (Phi) is 6.19. The minimum atomic E-state index is 0.849. The molecule has 108 valence electrons. The summed E-state index contributed by atoms with van der Waals surface area (Å²) in [5.41, 5.74) is 2.53. The van der Waals surface area contributed by atoms with Gasteiger partial charge in [0.15, 0.2) is 0 Å². The van der Waals surface area contributed by atoms with E-state index in [2.05, 4.69) is 28.3 Å². The van der Waals surface area contributed by atoms with Gasteiger partial charge < -0.3 is 0 Å². The molecule has 2 aromatic rings. The van der Waals surface area contributed by atoms with Crippen LogP contribution in [-0.2, 0) is 6.42 Å². The lowest BCUT2D eigenvalue weighted by Crippen LogP contribution is -1.91. The highest BCUT2D eigenvalue weighted by atomic mass is 32.1. The van der Waals surface area contributed by atoms with Gasteiger partial charge in [0.25, 0.3) is 0 Å². The van der Waals surface area contributed by atoms with Crippen LogP contribution in [0.1, 0.15) is 56.8 Å². The summed E-state index contributed by atoms with van der Waals surface area (Å²) in [7, 11) is 0. The molecule has 2 rings (SSSR count). The molecule has 0 aliphatic carbocycles. The lowest BCUT2D eigenvalue weighted by molar-refractivity contribution is 0.608. The summed E-state index contributed by atoms with van der Waals surface area (Å²) >= 11 is 1.79. The Morgan fingerprint density at radius 1 is 1.05 bits per heavy atom. The van der Waals surface area contributed by atoms with E-state index in [1.807, 2.05) is 19.2 Å². The number of aromatic nitrogens is 2. The van der Waals surface area contributed by atoms with Crippen molar-refractivity contribution in [2.24, 2.45) is 0 Å². The second-order valence-electron chi connectivity index (χ2n) is 5.28. The smallest absolute Gasteiger partial charge is 0.125 e. The normalized spacial score (nSPS) is 10.9. The summed E-state index contributed by atoms with van der Waals surface area (Å²) < 4.78 is 0. The van der Waals surface area contributed by atoms with Gasteiger partial charge in [-0.15, -0.1) is 11.3 Å². The summed E-state index contributed by atoms with van der Waals surface area (Å²) in [6.45, 7) is 4.21. The Labute approximate surface area is 126 Å². The fourth-order valence-corrected chi connectivity index (χ4v) is 3.36. The molecule has 0 spiro atoms. The Hall–Kier alpha value is -1.22. The molecule has 20 heavy (non-hydrogen) atoms. The second kappa shape index (κ2) is 8.15. The van der Waals surface area contributed by atoms with Gasteiger partial charge >= 0.3 is 0 Å². The molecule has 0 amide bonds. The minimum absolute atomic E-state index is 0.849. The minimum Gasteiger partial charge on any atom is -0.242 e. The van der Waals surface area contributed by atoms with Gasteiger partial charge in [-0.1, -0.05) is 39.0 Å². The van der Waals surface area contributed by atoms with Crippen LogP contribution in [0.4, 0.5) is 0 Å². The molecule has 0 saturated carbocycles. The van der Waals surface area contributed by atoms with Gasteiger partial charge in [-0.05, 0) is 42.8 Å². The molecule has 0 bridgehead atoms. The van der Waals surface area contributed by atoms with E-state index < -0.39 is 0 Å². The molecule has 0 saturated heterocycles. The van der Waals surface area contributed by atoms with Crippen molar-refractivity contribution in [1.82, 2.24) is 9.97 Å². The van der Waals surface area contributed by atoms with Crippen molar-refractivity contribution in [2.75, 3.05) is 0 Å². The maximum atomic E-state index is 4.54. The third-order valence-corrected chi connectivity index (χ3v) is 4.53. The Morgan fingerprint density at radius 2 is 1.85 bits per heavy atom. The second-order valence-corrected chi connectivity index (χ2v) is 6.20. The molecule has 0 aromatic carbocycles. The van der Waals surface area contributed by atoms with E-state index in [1.165, 1.54) is 55.4 Å². The maximum Gasteiger partial charge on any atom is 0.125 e. The molecule has 0 unspecified atom stereocenters. The fourth-order valence-electron chi connectivity index (χ4n) is 2.44. The predicted octanol–water partition coefficient (Wildman–Crippen LogP) is 5.42. The summed E-state index contributed by atoms with van der Waals surface area (Å²) in [5.74, 6) is 0.849. The molecule has 3 heteroatoms. The number of thiophene rings is 1. The zero-order valence-corrected chi connectivity index (χ0v) is 13.4. The fraction of sp³-hybridized carbons (Fsp3) is 0.529. The topological polar surface area (TPSA) is 25.8 Å². The van der Waals surface area contributed by atoms with Crippen molar-refractivity contribution in [3.8, 4) is 10.6 Å². The van der Waals surface area contributed by atoms with Crippen LogP contribution >= 0.6 is 11.3 Å². The van der Waals surface area contributed by atoms with Crippen molar-refractivity contribution in [3.05, 3.63) is 35.1 Å². The van der Waals surface area contributed by atoms with Gasteiger partial charge in [0.1, 0.15) is 5.82 Å². The number of hydrogen-bond acceptors (Lipinski definition) is 3. The van der Waals surface area contributed by atoms with E-state index >= 15 is 0 Å². The first-order valence-electron chi connectivity index (χ1n) is 7.67. The van der Waals surface area contributed by atoms with Gasteiger partial charge in [-0.25, -0.2) is 9.97 Å². The number of aryl methyl sites for hydroxylation is 2. The van der Waals surface area contributed by atoms with Crippen LogP contribution in [0, 0.1) is 6.92 Å². The molecule has 0 aliphatic heterocycles. The third-order valence-electron chi connectivity index (χ3n) is 3.56. The van der Waals surface area contributed by atoms with Crippen molar-refractivity contribution >= 4 is 11.3 Å². The van der Waals surface area contributed by atoms with E-state index in [9.17, 15) is 0 Å². The van der Waals surface area contributed by atoms with E-state index in [-0.39, 0.29) is 0 Å². The van der Waals surface area contributed by atoms with Crippen LogP contribution in [-0.4, -0.2) is 9.97 Å². The number of unbranched alkanes of at least 4 members (excludes halogenated alkanes) is 5. The van der Waals surface area contributed by atoms with Crippen molar-refractivity contribution in [1.29, 1.82) is 0 Å². The quantitative estimate of drug-likeness (QED) is 0.606. The molecule has 2 nitrogen and oxygen atoms in total. The summed E-state index contributed by atoms with van der Waals surface area (Å²) in [4.78, 5) is 10.0. The molecule has 0 N–H and O–H groups in total. The van der Waals surface area contributed by atoms with Gasteiger partial charge in [-0.3, -0.25) is 0 Å². The van der Waals surface area contributed by atoms with Crippen LogP contribution in [0.3, 0.4) is 0 Å². The molecule has 0 atom stereocenters. The average Bonchev–Trinajstić information content (AvgIpc) is 2.91. The number of hydrogen-bond donors (Lipinski definition) is 0. The SMILES string of the molecule is CCCCCCCCc1ccsc1-c1ccnc(C)n1. The van der Waals surface area contributed by atoms with E-state index in [0.717, 1.165) is 11.5 Å². The van der Waals surface area contributed by atoms with E-state index in [4.69, 9.17) is 0 Å². The van der Waals surface area contributed by atoms with Crippen LogP contribution in [0.15, 0.2) is 23.7 Å². The molecule has 2 heterocycles. The van der Waals surface area contributed by atoms with Crippen LogP contribution in [0.2, 0.25) is 0 Å². The first kappa shape index (κ1) is 15.2. The predicted molar refractivity (Wildman–Crippen MR) is 87.2 cm³/mol. The lowest BCUT2D eigenvalue weighted by atomic mass is 10.0. The molecule has 0 fully saturated rings. The van der Waals surface area contributed by atoms with Crippen molar-refractivity contribution in [2.45, 2.75) is 58.8 Å². The molecule has 2 aromatic heterocycles. The van der Waals surface area contributed by atoms with Crippen LogP contribution < -0.4 is 0 Å². The largest absolute Gasteiger partial charge is 0.242 e. The highest BCUT2D eigenvalue weighted by Gasteiger charge is 2.08. The van der Waals surface area contributed by atoms with Crippen LogP contribution in [0.25, 0.3) is 10.6 Å². The van der Waals surface area contributed by atoms with Gasteiger partial charge in [-0.2, -0.15) is 0 Å². The summed E-state index contributed by atoms with van der Waals surface area (Å²) in [5, 5.41) is 2.18. The number of nitrogens with zero attached hydrogens (tertiary/aromatic N) is 2. The van der Waals surface area contributed by atoms with E-state index in [0.29, 0.717) is 0 Å². The first-order chi connectivity index (χ1) is 9.81. The lowest BCUT2D eigenvalue weighted by Gasteiger charge is -2.04. The van der Waals surface area contributed by atoms with Crippen molar-refractivity contribution in [3.63, 3.8) is 0 Å². The standard InChI is InChI=1S/C17H24N2S/c1-3-4-5-6-7-8-9-15-11-13-20-17(15)16-10-12-18-14(2)19-16/h10-13H,3-9H2,1-2H3. The highest BCUT2D eigenvalue weighted by Crippen LogP contribution is 2.29. The monoisotopic (exact) mass is 288 g/mol. The Balaban J connectivity index is 1.89. The Morgan fingerprint density at radius 3 is 2.65 bits per heavy atom. The maximum absolute atomic E-state index is 4.54. The first-order valence-corrected chi connectivity index (χ1v) is 8.55.